The molecule has 7 heteroatoms. The van der Waals surface area contributed by atoms with Crippen LogP contribution >= 0.6 is 0 Å². The molecule has 0 aliphatic heterocycles. The Morgan fingerprint density at radius 3 is 2.64 bits per heavy atom. The van der Waals surface area contributed by atoms with Gasteiger partial charge in [-0.25, -0.2) is 4.68 Å². The van der Waals surface area contributed by atoms with E-state index in [0.29, 0.717) is 11.5 Å². The minimum Gasteiger partial charge on any atom is -0.389 e. The summed E-state index contributed by atoms with van der Waals surface area (Å²) in [6.45, 7) is 0.280. The molecule has 110 valence electrons. The summed E-state index contributed by atoms with van der Waals surface area (Å²) in [6, 6.07) is 15.3. The molecule has 2 aromatic heterocycles. The first-order valence-corrected chi connectivity index (χ1v) is 6.72. The molecule has 0 aliphatic carbocycles. The molecule has 0 unspecified atom stereocenters. The van der Waals surface area contributed by atoms with Gasteiger partial charge in [0.15, 0.2) is 12.3 Å². The number of nitrogens with zero attached hydrogens (tertiary/aromatic N) is 6. The number of hydrogen-bond donors (Lipinski definition) is 0. The van der Waals surface area contributed by atoms with Crippen LogP contribution in [0.25, 0.3) is 0 Å². The molecule has 7 nitrogen and oxygen atoms in total. The van der Waals surface area contributed by atoms with Crippen molar-refractivity contribution >= 4 is 5.71 Å². The van der Waals surface area contributed by atoms with Crippen molar-refractivity contribution in [1.82, 2.24) is 25.2 Å². The fourth-order valence-electron chi connectivity index (χ4n) is 1.90. The Morgan fingerprint density at radius 1 is 1.14 bits per heavy atom. The van der Waals surface area contributed by atoms with Gasteiger partial charge >= 0.3 is 0 Å². The minimum absolute atomic E-state index is 0.280. The maximum absolute atomic E-state index is 5.43. The standard InChI is InChI=1S/C15H14N6O/c1-21-15(17-19-20-21)14(12-7-3-2-4-8-12)18-22-11-13-9-5-6-10-16-13/h2-10H,11H2,1H3/b18-14-. The summed E-state index contributed by atoms with van der Waals surface area (Å²) in [7, 11) is 1.76. The summed E-state index contributed by atoms with van der Waals surface area (Å²) in [4.78, 5) is 9.62. The third kappa shape index (κ3) is 3.14. The van der Waals surface area contributed by atoms with Crippen molar-refractivity contribution in [1.29, 1.82) is 0 Å². The molecular formula is C15H14N6O. The largest absolute Gasteiger partial charge is 0.389 e. The van der Waals surface area contributed by atoms with Crippen molar-refractivity contribution < 1.29 is 4.84 Å². The third-order valence-electron chi connectivity index (χ3n) is 2.97. The summed E-state index contributed by atoms with van der Waals surface area (Å²) in [5, 5.41) is 15.7. The van der Waals surface area contributed by atoms with Gasteiger partial charge in [0.25, 0.3) is 0 Å². The van der Waals surface area contributed by atoms with Gasteiger partial charge in [-0.05, 0) is 22.6 Å². The van der Waals surface area contributed by atoms with Gasteiger partial charge in [0.05, 0.1) is 5.69 Å². The van der Waals surface area contributed by atoms with E-state index in [1.165, 1.54) is 0 Å². The normalized spacial score (nSPS) is 11.4. The van der Waals surface area contributed by atoms with Crippen molar-refractivity contribution in [2.45, 2.75) is 6.61 Å². The molecular weight excluding hydrogens is 280 g/mol. The summed E-state index contributed by atoms with van der Waals surface area (Å²) in [5.41, 5.74) is 2.25. The lowest BCUT2D eigenvalue weighted by molar-refractivity contribution is 0.128. The number of aryl methyl sites for hydroxylation is 1. The van der Waals surface area contributed by atoms with Crippen LogP contribution in [0.3, 0.4) is 0 Å². The Bertz CT molecular complexity index is 754. The highest BCUT2D eigenvalue weighted by Gasteiger charge is 2.14. The molecule has 0 spiro atoms. The molecule has 0 amide bonds. The zero-order valence-electron chi connectivity index (χ0n) is 12.0. The van der Waals surface area contributed by atoms with E-state index < -0.39 is 0 Å². The average Bonchev–Trinajstić information content (AvgIpc) is 2.99. The van der Waals surface area contributed by atoms with Gasteiger partial charge in [-0.3, -0.25) is 4.98 Å². The van der Waals surface area contributed by atoms with E-state index >= 15 is 0 Å². The van der Waals surface area contributed by atoms with E-state index in [1.807, 2.05) is 48.5 Å². The first-order chi connectivity index (χ1) is 10.8. The fraction of sp³-hybridized carbons (Fsp3) is 0.133. The number of aromatic nitrogens is 5. The lowest BCUT2D eigenvalue weighted by atomic mass is 10.1. The Labute approximate surface area is 127 Å². The van der Waals surface area contributed by atoms with Gasteiger partial charge in [-0.2, -0.15) is 0 Å². The molecule has 0 saturated heterocycles. The zero-order chi connectivity index (χ0) is 15.2. The molecule has 22 heavy (non-hydrogen) atoms. The van der Waals surface area contributed by atoms with Crippen LogP contribution in [0.5, 0.6) is 0 Å². The molecule has 3 rings (SSSR count). The summed E-state index contributed by atoms with van der Waals surface area (Å²) >= 11 is 0. The smallest absolute Gasteiger partial charge is 0.204 e. The van der Waals surface area contributed by atoms with E-state index in [0.717, 1.165) is 11.3 Å². The van der Waals surface area contributed by atoms with Crippen molar-refractivity contribution in [3.05, 3.63) is 71.8 Å². The van der Waals surface area contributed by atoms with Crippen molar-refractivity contribution in [3.63, 3.8) is 0 Å². The number of oxime groups is 1. The summed E-state index contributed by atoms with van der Waals surface area (Å²) in [5.74, 6) is 0.534. The lowest BCUT2D eigenvalue weighted by Crippen LogP contribution is -2.12. The first kappa shape index (κ1) is 13.9. The molecule has 0 N–H and O–H groups in total. The van der Waals surface area contributed by atoms with Crippen molar-refractivity contribution in [3.8, 4) is 0 Å². The number of hydrogen-bond acceptors (Lipinski definition) is 6. The quantitative estimate of drug-likeness (QED) is 0.527. The second-order valence-electron chi connectivity index (χ2n) is 4.53. The van der Waals surface area contributed by atoms with Crippen LogP contribution in [-0.2, 0) is 18.5 Å². The van der Waals surface area contributed by atoms with Gasteiger partial charge < -0.3 is 4.84 Å². The number of benzene rings is 1. The molecule has 0 bridgehead atoms. The number of pyridine rings is 1. The van der Waals surface area contributed by atoms with E-state index in [9.17, 15) is 0 Å². The second kappa shape index (κ2) is 6.57. The molecule has 1 aromatic carbocycles. The highest BCUT2D eigenvalue weighted by atomic mass is 16.6. The molecule has 2 heterocycles. The van der Waals surface area contributed by atoms with E-state index in [2.05, 4.69) is 25.7 Å². The molecule has 0 atom stereocenters. The monoisotopic (exact) mass is 294 g/mol. The van der Waals surface area contributed by atoms with Crippen LogP contribution in [0, 0.1) is 0 Å². The van der Waals surface area contributed by atoms with E-state index in [-0.39, 0.29) is 6.61 Å². The average molecular weight is 294 g/mol. The van der Waals surface area contributed by atoms with Crippen LogP contribution in [-0.4, -0.2) is 30.9 Å². The maximum atomic E-state index is 5.43. The molecule has 3 aromatic rings. The van der Waals surface area contributed by atoms with Crippen LogP contribution in [0.15, 0.2) is 59.9 Å². The van der Waals surface area contributed by atoms with Gasteiger partial charge in [0.2, 0.25) is 5.82 Å². The minimum atomic E-state index is 0.280. The predicted molar refractivity (Wildman–Crippen MR) is 79.9 cm³/mol. The van der Waals surface area contributed by atoms with E-state index in [4.69, 9.17) is 4.84 Å². The molecule has 0 aliphatic rings. The predicted octanol–water partition coefficient (Wildman–Crippen LogP) is 1.57. The number of tetrazole rings is 1. The summed E-state index contributed by atoms with van der Waals surface area (Å²) < 4.78 is 1.55. The Kier molecular flexibility index (Phi) is 4.15. The van der Waals surface area contributed by atoms with Crippen LogP contribution in [0.4, 0.5) is 0 Å². The van der Waals surface area contributed by atoms with Gasteiger partial charge in [-0.1, -0.05) is 41.6 Å². The molecule has 0 radical (unpaired) electrons. The Hall–Kier alpha value is -3.09. The topological polar surface area (TPSA) is 78.1 Å². The highest BCUT2D eigenvalue weighted by Crippen LogP contribution is 2.08. The Morgan fingerprint density at radius 2 is 1.95 bits per heavy atom. The zero-order valence-corrected chi connectivity index (χ0v) is 12.0. The van der Waals surface area contributed by atoms with Crippen molar-refractivity contribution in [2.75, 3.05) is 0 Å². The molecule has 0 saturated carbocycles. The van der Waals surface area contributed by atoms with Crippen molar-refractivity contribution in [2.24, 2.45) is 12.2 Å². The maximum Gasteiger partial charge on any atom is 0.204 e. The Balaban J connectivity index is 1.86. The lowest BCUT2D eigenvalue weighted by Gasteiger charge is -2.05. The SMILES string of the molecule is Cn1nnnc1/C(=N\OCc1ccccn1)c1ccccc1. The number of rotatable bonds is 5. The molecule has 0 fully saturated rings. The van der Waals surface area contributed by atoms with E-state index in [1.54, 1.807) is 17.9 Å². The summed E-state index contributed by atoms with van der Waals surface area (Å²) in [6.07, 6.45) is 1.72. The van der Waals surface area contributed by atoms with Crippen LogP contribution in [0.2, 0.25) is 0 Å². The second-order valence-corrected chi connectivity index (χ2v) is 4.53. The highest BCUT2D eigenvalue weighted by molar-refractivity contribution is 6.10. The van der Waals surface area contributed by atoms with Gasteiger partial charge in [0.1, 0.15) is 0 Å². The third-order valence-corrected chi connectivity index (χ3v) is 2.97. The van der Waals surface area contributed by atoms with Crippen LogP contribution in [0.1, 0.15) is 17.1 Å². The fourth-order valence-corrected chi connectivity index (χ4v) is 1.90. The van der Waals surface area contributed by atoms with Gasteiger partial charge in [-0.15, -0.1) is 5.10 Å². The first-order valence-electron chi connectivity index (χ1n) is 6.72. The van der Waals surface area contributed by atoms with Gasteiger partial charge in [0, 0.05) is 18.8 Å². The van der Waals surface area contributed by atoms with Crippen LogP contribution < -0.4 is 0 Å².